The van der Waals surface area contributed by atoms with E-state index < -0.39 is 17.7 Å². The Balaban J connectivity index is 1.63. The first kappa shape index (κ1) is 18.4. The van der Waals surface area contributed by atoms with Crippen molar-refractivity contribution >= 4 is 40.9 Å². The molecule has 26 heavy (non-hydrogen) atoms. The van der Waals surface area contributed by atoms with Gasteiger partial charge in [-0.05, 0) is 23.6 Å². The van der Waals surface area contributed by atoms with E-state index in [0.717, 1.165) is 10.5 Å². The molecule has 1 atom stereocenters. The number of nitrogens with one attached hydrogen (secondary N) is 1. The first-order valence-corrected chi connectivity index (χ1v) is 8.81. The number of carbonyl (C=O) groups is 3. The van der Waals surface area contributed by atoms with Crippen molar-refractivity contribution in [3.63, 3.8) is 0 Å². The van der Waals surface area contributed by atoms with E-state index in [9.17, 15) is 14.4 Å². The van der Waals surface area contributed by atoms with Crippen LogP contribution in [0.3, 0.4) is 0 Å². The average Bonchev–Trinajstić information content (AvgIpc) is 2.85. The van der Waals surface area contributed by atoms with E-state index in [0.29, 0.717) is 6.54 Å². The van der Waals surface area contributed by atoms with Crippen LogP contribution < -0.4 is 5.32 Å². The monoisotopic (exact) mass is 390 g/mol. The van der Waals surface area contributed by atoms with Crippen molar-refractivity contribution in [1.29, 1.82) is 0 Å². The third-order valence-electron chi connectivity index (χ3n) is 4.29. The van der Waals surface area contributed by atoms with Gasteiger partial charge in [-0.15, -0.1) is 0 Å². The Morgan fingerprint density at radius 1 is 1.04 bits per heavy atom. The Hall–Kier alpha value is -2.37. The van der Waals surface area contributed by atoms with Gasteiger partial charge in [0.25, 0.3) is 11.8 Å². The first-order chi connectivity index (χ1) is 12.4. The fourth-order valence-corrected chi connectivity index (χ4v) is 3.12. The predicted molar refractivity (Wildman–Crippen MR) is 99.7 cm³/mol. The van der Waals surface area contributed by atoms with Crippen molar-refractivity contribution in [2.75, 3.05) is 13.1 Å². The molecule has 2 aromatic carbocycles. The van der Waals surface area contributed by atoms with Crippen LogP contribution in [0.4, 0.5) is 0 Å². The molecule has 0 saturated carbocycles. The van der Waals surface area contributed by atoms with Crippen LogP contribution in [0.5, 0.6) is 0 Å². The lowest BCUT2D eigenvalue weighted by Crippen LogP contribution is -2.41. The van der Waals surface area contributed by atoms with E-state index in [1.807, 2.05) is 37.3 Å². The molecule has 0 aromatic heterocycles. The number of rotatable bonds is 5. The van der Waals surface area contributed by atoms with Crippen LogP contribution in [0.2, 0.25) is 10.0 Å². The van der Waals surface area contributed by atoms with Gasteiger partial charge >= 0.3 is 0 Å². The Morgan fingerprint density at radius 2 is 1.58 bits per heavy atom. The van der Waals surface area contributed by atoms with Crippen molar-refractivity contribution in [3.05, 3.63) is 69.2 Å². The molecule has 1 aliphatic heterocycles. The zero-order valence-corrected chi connectivity index (χ0v) is 15.5. The smallest absolute Gasteiger partial charge is 0.262 e. The molecule has 1 heterocycles. The molecule has 2 aromatic rings. The Bertz CT molecular complexity index is 843. The summed E-state index contributed by atoms with van der Waals surface area (Å²) in [5, 5.41) is 3.14. The zero-order chi connectivity index (χ0) is 18.8. The standard InChI is InChI=1S/C19H16Cl2N2O3/c1-11(12-5-3-2-4-6-12)9-22-17(24)10-23-18(25)13-7-15(20)16(21)8-14(13)19(23)26/h2-8,11H,9-10H2,1H3,(H,22,24). The molecule has 0 saturated heterocycles. The molecule has 0 radical (unpaired) electrons. The van der Waals surface area contributed by atoms with Crippen LogP contribution in [0.1, 0.15) is 39.1 Å². The highest BCUT2D eigenvalue weighted by Gasteiger charge is 2.37. The fourth-order valence-electron chi connectivity index (χ4n) is 2.79. The van der Waals surface area contributed by atoms with Gasteiger partial charge in [0.2, 0.25) is 5.91 Å². The molecule has 1 N–H and O–H groups in total. The summed E-state index contributed by atoms with van der Waals surface area (Å²) in [5.74, 6) is -1.39. The average molecular weight is 391 g/mol. The van der Waals surface area contributed by atoms with Crippen molar-refractivity contribution in [2.24, 2.45) is 0 Å². The van der Waals surface area contributed by atoms with E-state index in [1.54, 1.807) is 0 Å². The molecular weight excluding hydrogens is 375 g/mol. The predicted octanol–water partition coefficient (Wildman–Crippen LogP) is 3.51. The second kappa shape index (κ2) is 7.48. The number of hydrogen-bond donors (Lipinski definition) is 1. The minimum atomic E-state index is -0.546. The van der Waals surface area contributed by atoms with E-state index in [2.05, 4.69) is 5.32 Å². The molecule has 0 fully saturated rings. The number of imide groups is 1. The van der Waals surface area contributed by atoms with Crippen molar-refractivity contribution in [3.8, 4) is 0 Å². The normalized spacial score (nSPS) is 14.3. The van der Waals surface area contributed by atoms with Gasteiger partial charge in [-0.25, -0.2) is 0 Å². The highest BCUT2D eigenvalue weighted by atomic mass is 35.5. The zero-order valence-electron chi connectivity index (χ0n) is 14.0. The maximum atomic E-state index is 12.4. The lowest BCUT2D eigenvalue weighted by molar-refractivity contribution is -0.121. The second-order valence-corrected chi connectivity index (χ2v) is 6.94. The maximum absolute atomic E-state index is 12.4. The summed E-state index contributed by atoms with van der Waals surface area (Å²) in [7, 11) is 0. The van der Waals surface area contributed by atoms with E-state index in [4.69, 9.17) is 23.2 Å². The summed E-state index contributed by atoms with van der Waals surface area (Å²) in [6, 6.07) is 12.5. The number of benzene rings is 2. The molecule has 0 aliphatic carbocycles. The van der Waals surface area contributed by atoms with Crippen molar-refractivity contribution in [2.45, 2.75) is 12.8 Å². The summed E-state index contributed by atoms with van der Waals surface area (Å²) in [5.41, 5.74) is 1.42. The molecule has 1 aliphatic rings. The summed E-state index contributed by atoms with van der Waals surface area (Å²) >= 11 is 11.8. The van der Waals surface area contributed by atoms with Gasteiger partial charge in [-0.1, -0.05) is 60.5 Å². The number of fused-ring (bicyclic) bond motifs is 1. The van der Waals surface area contributed by atoms with Gasteiger partial charge in [-0.3, -0.25) is 19.3 Å². The van der Waals surface area contributed by atoms with Gasteiger partial charge in [0.05, 0.1) is 21.2 Å². The lowest BCUT2D eigenvalue weighted by Gasteiger charge is -2.16. The van der Waals surface area contributed by atoms with Gasteiger partial charge in [0.1, 0.15) is 6.54 Å². The maximum Gasteiger partial charge on any atom is 0.262 e. The number of nitrogens with zero attached hydrogens (tertiary/aromatic N) is 1. The topological polar surface area (TPSA) is 66.5 Å². The Morgan fingerprint density at radius 3 is 2.12 bits per heavy atom. The largest absolute Gasteiger partial charge is 0.354 e. The Kier molecular flexibility index (Phi) is 5.30. The number of halogens is 2. The van der Waals surface area contributed by atoms with Crippen LogP contribution in [0.15, 0.2) is 42.5 Å². The molecule has 3 rings (SSSR count). The third kappa shape index (κ3) is 3.59. The summed E-state index contributed by atoms with van der Waals surface area (Å²) in [6.45, 7) is 2.05. The minimum absolute atomic E-state index is 0.111. The summed E-state index contributed by atoms with van der Waals surface area (Å²) < 4.78 is 0. The SMILES string of the molecule is CC(CNC(=O)CN1C(=O)c2cc(Cl)c(Cl)cc2C1=O)c1ccccc1. The van der Waals surface area contributed by atoms with Gasteiger partial charge in [0, 0.05) is 6.54 Å². The summed E-state index contributed by atoms with van der Waals surface area (Å²) in [6.07, 6.45) is 0. The molecule has 1 unspecified atom stereocenters. The van der Waals surface area contributed by atoms with Gasteiger partial charge in [-0.2, -0.15) is 0 Å². The van der Waals surface area contributed by atoms with Crippen LogP contribution in [-0.4, -0.2) is 35.7 Å². The molecule has 3 amide bonds. The van der Waals surface area contributed by atoms with Gasteiger partial charge < -0.3 is 5.32 Å². The second-order valence-electron chi connectivity index (χ2n) is 6.12. The minimum Gasteiger partial charge on any atom is -0.354 e. The van der Waals surface area contributed by atoms with Crippen LogP contribution in [0, 0.1) is 0 Å². The van der Waals surface area contributed by atoms with E-state index in [-0.39, 0.29) is 33.6 Å². The Labute approximate surface area is 160 Å². The van der Waals surface area contributed by atoms with E-state index in [1.165, 1.54) is 12.1 Å². The molecule has 5 nitrogen and oxygen atoms in total. The first-order valence-electron chi connectivity index (χ1n) is 8.05. The molecule has 134 valence electrons. The van der Waals surface area contributed by atoms with Crippen LogP contribution in [-0.2, 0) is 4.79 Å². The molecule has 0 spiro atoms. The van der Waals surface area contributed by atoms with Gasteiger partial charge in [0.15, 0.2) is 0 Å². The third-order valence-corrected chi connectivity index (χ3v) is 5.01. The van der Waals surface area contributed by atoms with Crippen molar-refractivity contribution < 1.29 is 14.4 Å². The van der Waals surface area contributed by atoms with Crippen LogP contribution >= 0.6 is 23.2 Å². The molecule has 7 heteroatoms. The lowest BCUT2D eigenvalue weighted by atomic mass is 10.0. The highest BCUT2D eigenvalue weighted by Crippen LogP contribution is 2.31. The van der Waals surface area contributed by atoms with E-state index >= 15 is 0 Å². The quantitative estimate of drug-likeness (QED) is 0.794. The number of carbonyl (C=O) groups excluding carboxylic acids is 3. The molecular formula is C19H16Cl2N2O3. The van der Waals surface area contributed by atoms with Crippen molar-refractivity contribution in [1.82, 2.24) is 10.2 Å². The number of hydrogen-bond acceptors (Lipinski definition) is 3. The molecule has 0 bridgehead atoms. The summed E-state index contributed by atoms with van der Waals surface area (Å²) in [4.78, 5) is 37.9. The highest BCUT2D eigenvalue weighted by molar-refractivity contribution is 6.43. The fraction of sp³-hybridized carbons (Fsp3) is 0.211. The number of amides is 3. The van der Waals surface area contributed by atoms with Crippen LogP contribution in [0.25, 0.3) is 0 Å².